The number of pyridine rings is 1. The van der Waals surface area contributed by atoms with Crippen molar-refractivity contribution in [2.24, 2.45) is 5.92 Å². The lowest BCUT2D eigenvalue weighted by atomic mass is 9.94. The summed E-state index contributed by atoms with van der Waals surface area (Å²) in [4.78, 5) is 51.3. The molecule has 0 amide bonds. The minimum Gasteiger partial charge on any atom is -0.480 e. The number of carbonyl (C=O) groups is 1. The molecule has 0 aromatic carbocycles. The highest BCUT2D eigenvalue weighted by Gasteiger charge is 2.25. The van der Waals surface area contributed by atoms with Gasteiger partial charge in [-0.15, -0.1) is 11.3 Å². The van der Waals surface area contributed by atoms with Gasteiger partial charge in [0.15, 0.2) is 0 Å². The fourth-order valence-corrected chi connectivity index (χ4v) is 5.45. The van der Waals surface area contributed by atoms with E-state index in [1.54, 1.807) is 6.07 Å². The maximum Gasteiger partial charge on any atom is 0.325 e. The highest BCUT2D eigenvalue weighted by atomic mass is 32.1. The molecule has 1 fully saturated rings. The molecule has 4 heterocycles. The minimum absolute atomic E-state index is 0.0842. The molecule has 33 heavy (non-hydrogen) atoms. The number of methoxy groups -OCH3 is 1. The molecule has 0 spiro atoms. The van der Waals surface area contributed by atoms with E-state index < -0.39 is 19.1 Å². The van der Waals surface area contributed by atoms with Crippen LogP contribution in [0.15, 0.2) is 34.6 Å². The van der Waals surface area contributed by atoms with Crippen LogP contribution in [0.5, 0.6) is 5.88 Å². The van der Waals surface area contributed by atoms with Gasteiger partial charge in [0.2, 0.25) is 5.88 Å². The Hall–Kier alpha value is -2.59. The van der Waals surface area contributed by atoms with Crippen molar-refractivity contribution in [3.05, 3.63) is 45.0 Å². The third-order valence-corrected chi connectivity index (χ3v) is 7.54. The predicted molar refractivity (Wildman–Crippen MR) is 125 cm³/mol. The third-order valence-electron chi connectivity index (χ3n) is 5.82. The van der Waals surface area contributed by atoms with E-state index in [0.29, 0.717) is 30.7 Å². The van der Waals surface area contributed by atoms with Crippen LogP contribution < -0.4 is 15.2 Å². The Kier molecular flexibility index (Phi) is 6.94. The van der Waals surface area contributed by atoms with Gasteiger partial charge in [-0.2, -0.15) is 14.8 Å². The van der Waals surface area contributed by atoms with Crippen molar-refractivity contribution < 1.29 is 23.9 Å². The molecule has 3 aromatic heterocycles. The molecule has 3 aromatic rings. The number of anilines is 1. The molecule has 0 unspecified atom stereocenters. The summed E-state index contributed by atoms with van der Waals surface area (Å²) < 4.78 is 17.4. The van der Waals surface area contributed by atoms with Gasteiger partial charge in [0.1, 0.15) is 11.2 Å². The Balaban J connectivity index is 1.55. The van der Waals surface area contributed by atoms with E-state index in [1.165, 1.54) is 24.6 Å². The highest BCUT2D eigenvalue weighted by molar-refractivity contribution is 7.51. The first-order valence-corrected chi connectivity index (χ1v) is 13.2. The zero-order valence-electron chi connectivity index (χ0n) is 18.1. The predicted octanol–water partition coefficient (Wildman–Crippen LogP) is 2.53. The number of carbonyl (C=O) groups excluding carboxylic acids is 1. The second-order valence-corrected chi connectivity index (χ2v) is 10.9. The van der Waals surface area contributed by atoms with Crippen molar-refractivity contribution in [2.75, 3.05) is 31.3 Å². The van der Waals surface area contributed by atoms with E-state index >= 15 is 0 Å². The first kappa shape index (κ1) is 23.6. The molecule has 0 aliphatic carbocycles. The monoisotopic (exact) mass is 492 g/mol. The molecule has 1 saturated heterocycles. The maximum absolute atomic E-state index is 13.0. The van der Waals surface area contributed by atoms with Crippen LogP contribution in [-0.4, -0.2) is 56.8 Å². The van der Waals surface area contributed by atoms with Gasteiger partial charge in [-0.25, -0.2) is 0 Å². The third kappa shape index (κ3) is 5.50. The molecule has 0 radical (unpaired) electrons. The zero-order valence-corrected chi connectivity index (χ0v) is 19.8. The summed E-state index contributed by atoms with van der Waals surface area (Å²) in [5.74, 6) is 0.597. The van der Waals surface area contributed by atoms with Crippen molar-refractivity contribution in [3.63, 3.8) is 0 Å². The van der Waals surface area contributed by atoms with Gasteiger partial charge in [-0.05, 0) is 42.7 Å². The molecule has 0 saturated carbocycles. The fraction of sp³-hybridized carbons (Fsp3) is 0.429. The summed E-state index contributed by atoms with van der Waals surface area (Å²) in [5, 5.41) is 6.69. The molecular weight excluding hydrogens is 467 g/mol. The lowest BCUT2D eigenvalue weighted by Crippen LogP contribution is -2.35. The quantitative estimate of drug-likeness (QED) is 0.477. The van der Waals surface area contributed by atoms with Gasteiger partial charge in [0.05, 0.1) is 25.9 Å². The van der Waals surface area contributed by atoms with Crippen LogP contribution >= 0.6 is 18.9 Å². The highest BCUT2D eigenvalue weighted by Crippen LogP contribution is 2.38. The van der Waals surface area contributed by atoms with Crippen molar-refractivity contribution in [1.82, 2.24) is 14.8 Å². The normalized spacial score (nSPS) is 15.2. The molecule has 176 valence electrons. The van der Waals surface area contributed by atoms with Crippen molar-refractivity contribution in [1.29, 1.82) is 0 Å². The summed E-state index contributed by atoms with van der Waals surface area (Å²) in [6.45, 7) is 1.36. The second-order valence-electron chi connectivity index (χ2n) is 8.07. The Morgan fingerprint density at radius 3 is 2.73 bits per heavy atom. The average Bonchev–Trinajstić information content (AvgIpc) is 3.30. The molecule has 1 aliphatic heterocycles. The maximum atomic E-state index is 13.0. The first-order valence-electron chi connectivity index (χ1n) is 10.6. The lowest BCUT2D eigenvalue weighted by Gasteiger charge is -2.33. The van der Waals surface area contributed by atoms with Gasteiger partial charge in [-0.3, -0.25) is 14.2 Å². The number of hydrogen-bond donors (Lipinski definition) is 2. The Morgan fingerprint density at radius 2 is 2.09 bits per heavy atom. The van der Waals surface area contributed by atoms with Crippen molar-refractivity contribution >= 4 is 41.4 Å². The van der Waals surface area contributed by atoms with Crippen LogP contribution in [0.25, 0.3) is 10.8 Å². The van der Waals surface area contributed by atoms with Crippen LogP contribution in [0.1, 0.15) is 28.9 Å². The average molecular weight is 492 g/mol. The summed E-state index contributed by atoms with van der Waals surface area (Å²) in [5.41, 5.74) is -0.568. The fourth-order valence-electron chi connectivity index (χ4n) is 4.05. The van der Waals surface area contributed by atoms with Gasteiger partial charge in [0, 0.05) is 23.4 Å². The summed E-state index contributed by atoms with van der Waals surface area (Å²) in [7, 11) is -2.55. The SMILES string of the molecule is COc1nc(N2CCC(CCP(=O)(O)O)CC2)cc2cnn(C(=O)Cc3cccs3)c(=O)c12. The summed E-state index contributed by atoms with van der Waals surface area (Å²) in [6.07, 6.45) is 3.54. The van der Waals surface area contributed by atoms with Crippen LogP contribution in [-0.2, 0) is 11.0 Å². The van der Waals surface area contributed by atoms with Crippen molar-refractivity contribution in [2.45, 2.75) is 25.7 Å². The van der Waals surface area contributed by atoms with Gasteiger partial charge in [0.25, 0.3) is 11.5 Å². The van der Waals surface area contributed by atoms with Crippen LogP contribution in [0.2, 0.25) is 0 Å². The lowest BCUT2D eigenvalue weighted by molar-refractivity contribution is 0.0893. The number of fused-ring (bicyclic) bond motifs is 1. The van der Waals surface area contributed by atoms with E-state index in [9.17, 15) is 14.2 Å². The molecule has 12 heteroatoms. The Labute approximate surface area is 194 Å². The van der Waals surface area contributed by atoms with Crippen molar-refractivity contribution in [3.8, 4) is 5.88 Å². The summed E-state index contributed by atoms with van der Waals surface area (Å²) in [6, 6.07) is 5.44. The number of ether oxygens (including phenoxy) is 1. The smallest absolute Gasteiger partial charge is 0.325 e. The molecule has 0 atom stereocenters. The molecule has 1 aliphatic rings. The molecule has 2 N–H and O–H groups in total. The molecular formula is C21H25N4O6PS. The van der Waals surface area contributed by atoms with E-state index in [4.69, 9.17) is 14.5 Å². The Morgan fingerprint density at radius 1 is 1.33 bits per heavy atom. The number of nitrogens with zero attached hydrogens (tertiary/aromatic N) is 4. The molecule has 4 rings (SSSR count). The number of aromatic nitrogens is 3. The topological polar surface area (TPSA) is 135 Å². The second kappa shape index (κ2) is 9.72. The Bertz CT molecular complexity index is 1250. The first-order chi connectivity index (χ1) is 15.7. The van der Waals surface area contributed by atoms with Crippen LogP contribution in [0.4, 0.5) is 5.82 Å². The van der Waals surface area contributed by atoms with E-state index in [0.717, 1.165) is 22.4 Å². The number of hydrogen-bond acceptors (Lipinski definition) is 8. The molecule has 0 bridgehead atoms. The zero-order chi connectivity index (χ0) is 23.6. The van der Waals surface area contributed by atoms with Gasteiger partial charge < -0.3 is 19.4 Å². The minimum atomic E-state index is -3.98. The van der Waals surface area contributed by atoms with Gasteiger partial charge in [-0.1, -0.05) is 6.07 Å². The number of rotatable bonds is 7. The van der Waals surface area contributed by atoms with E-state index in [1.807, 2.05) is 17.5 Å². The van der Waals surface area contributed by atoms with E-state index in [-0.39, 0.29) is 29.8 Å². The number of piperidine rings is 1. The largest absolute Gasteiger partial charge is 0.480 e. The number of thiophene rings is 1. The molecule has 10 nitrogen and oxygen atoms in total. The van der Waals surface area contributed by atoms with Gasteiger partial charge >= 0.3 is 7.60 Å². The van der Waals surface area contributed by atoms with E-state index in [2.05, 4.69) is 15.0 Å². The van der Waals surface area contributed by atoms with Crippen LogP contribution in [0.3, 0.4) is 0 Å². The van der Waals surface area contributed by atoms with Crippen LogP contribution in [0, 0.1) is 5.92 Å². The standard InChI is InChI=1S/C21H25N4O6PS/c1-31-20-19-15(13-22-25(21(19)27)18(26)12-16-3-2-10-33-16)11-17(23-20)24-7-4-14(5-8-24)6-9-32(28,29)30/h2-3,10-11,13-14H,4-9,12H2,1H3,(H2,28,29,30). The summed E-state index contributed by atoms with van der Waals surface area (Å²) >= 11 is 1.44.